The lowest BCUT2D eigenvalue weighted by atomic mass is 9.92. The van der Waals surface area contributed by atoms with Crippen LogP contribution in [0.4, 0.5) is 0 Å². The van der Waals surface area contributed by atoms with Crippen molar-refractivity contribution in [1.29, 1.82) is 0 Å². The fraction of sp³-hybridized carbons (Fsp3) is 0.0385. The minimum atomic E-state index is -4.11. The van der Waals surface area contributed by atoms with Crippen LogP contribution in [0.15, 0.2) is 108 Å². The molecule has 0 amide bonds. The van der Waals surface area contributed by atoms with Crippen molar-refractivity contribution >= 4 is 10.1 Å². The van der Waals surface area contributed by atoms with Crippen molar-refractivity contribution in [3.8, 4) is 23.0 Å². The third kappa shape index (κ3) is 3.32. The van der Waals surface area contributed by atoms with E-state index >= 15 is 0 Å². The summed E-state index contributed by atoms with van der Waals surface area (Å²) in [6.45, 7) is 0. The molecular formula is C26H17NO3S. The molecular weight excluding hydrogens is 406 g/mol. The predicted octanol–water partition coefficient (Wildman–Crippen LogP) is 4.76. The van der Waals surface area contributed by atoms with Crippen molar-refractivity contribution in [1.82, 2.24) is 4.98 Å². The molecule has 0 atom stereocenters. The number of fused-ring (bicyclic) bond motifs is 3. The van der Waals surface area contributed by atoms with Gasteiger partial charge in [0.15, 0.2) is 5.60 Å². The van der Waals surface area contributed by atoms with Crippen molar-refractivity contribution in [3.05, 3.63) is 120 Å². The number of hydrogen-bond donors (Lipinski definition) is 0. The fourth-order valence-corrected chi connectivity index (χ4v) is 4.97. The standard InChI is InChI=1S/C26H17NO3S/c28-31(29,21-11-2-1-3-12-21)30-26(18-17-20-10-8-9-19-27-20)24-15-6-4-13-22(24)23-14-5-7-16-25(23)26/h1-16,19H. The number of benzene rings is 3. The molecule has 150 valence electrons. The number of aromatic nitrogens is 1. The van der Waals surface area contributed by atoms with Crippen molar-refractivity contribution in [2.45, 2.75) is 10.5 Å². The van der Waals surface area contributed by atoms with Gasteiger partial charge in [-0.05, 0) is 47.2 Å². The summed E-state index contributed by atoms with van der Waals surface area (Å²) in [7, 11) is -4.11. The summed E-state index contributed by atoms with van der Waals surface area (Å²) < 4.78 is 32.7. The van der Waals surface area contributed by atoms with Gasteiger partial charge in [-0.1, -0.05) is 72.8 Å². The smallest absolute Gasteiger partial charge is 0.248 e. The third-order valence-corrected chi connectivity index (χ3v) is 6.52. The lowest BCUT2D eigenvalue weighted by Gasteiger charge is -2.26. The quantitative estimate of drug-likeness (QED) is 0.352. The summed E-state index contributed by atoms with van der Waals surface area (Å²) >= 11 is 0. The normalized spacial score (nSPS) is 13.5. The Morgan fingerprint density at radius 2 is 1.29 bits per heavy atom. The van der Waals surface area contributed by atoms with E-state index in [4.69, 9.17) is 4.18 Å². The van der Waals surface area contributed by atoms with Gasteiger partial charge in [0.2, 0.25) is 0 Å². The van der Waals surface area contributed by atoms with Crippen LogP contribution >= 0.6 is 0 Å². The highest BCUT2D eigenvalue weighted by Gasteiger charge is 2.47. The zero-order valence-electron chi connectivity index (χ0n) is 16.4. The van der Waals surface area contributed by atoms with Crippen LogP contribution in [0.1, 0.15) is 16.8 Å². The second-order valence-corrected chi connectivity index (χ2v) is 8.63. The summed E-state index contributed by atoms with van der Waals surface area (Å²) in [6, 6.07) is 28.7. The number of pyridine rings is 1. The monoisotopic (exact) mass is 423 g/mol. The van der Waals surface area contributed by atoms with E-state index in [9.17, 15) is 8.42 Å². The topological polar surface area (TPSA) is 56.3 Å². The molecule has 0 unspecified atom stereocenters. The molecule has 1 aliphatic rings. The number of rotatable bonds is 3. The van der Waals surface area contributed by atoms with Gasteiger partial charge in [0.05, 0.1) is 4.90 Å². The Balaban J connectivity index is 1.77. The Hall–Kier alpha value is -3.72. The largest absolute Gasteiger partial charge is 0.299 e. The van der Waals surface area contributed by atoms with Gasteiger partial charge in [-0.25, -0.2) is 9.17 Å². The first kappa shape index (κ1) is 19.3. The number of nitrogens with zero attached hydrogens (tertiary/aromatic N) is 1. The summed E-state index contributed by atoms with van der Waals surface area (Å²) in [5.41, 5.74) is 2.23. The summed E-state index contributed by atoms with van der Waals surface area (Å²) in [4.78, 5) is 4.34. The fourth-order valence-electron chi connectivity index (χ4n) is 3.83. The van der Waals surface area contributed by atoms with E-state index < -0.39 is 15.7 Å². The average molecular weight is 423 g/mol. The van der Waals surface area contributed by atoms with Crippen LogP contribution in [-0.4, -0.2) is 13.4 Å². The first-order valence-electron chi connectivity index (χ1n) is 9.74. The lowest BCUT2D eigenvalue weighted by Crippen LogP contribution is -2.30. The molecule has 4 aromatic rings. The molecule has 31 heavy (non-hydrogen) atoms. The van der Waals surface area contributed by atoms with Crippen LogP contribution in [0.3, 0.4) is 0 Å². The maximum absolute atomic E-state index is 13.3. The molecule has 0 radical (unpaired) electrons. The highest BCUT2D eigenvalue weighted by atomic mass is 32.2. The highest BCUT2D eigenvalue weighted by molar-refractivity contribution is 7.86. The molecule has 5 rings (SSSR count). The molecule has 0 saturated carbocycles. The van der Waals surface area contributed by atoms with Gasteiger partial charge >= 0.3 is 0 Å². The minimum Gasteiger partial charge on any atom is -0.248 e. The van der Waals surface area contributed by atoms with E-state index in [0.717, 1.165) is 11.1 Å². The number of hydrogen-bond acceptors (Lipinski definition) is 4. The molecule has 0 N–H and O–H groups in total. The van der Waals surface area contributed by atoms with Gasteiger partial charge in [-0.3, -0.25) is 0 Å². The molecule has 0 bridgehead atoms. The van der Waals surface area contributed by atoms with Crippen molar-refractivity contribution in [3.63, 3.8) is 0 Å². The molecule has 4 nitrogen and oxygen atoms in total. The molecule has 0 saturated heterocycles. The lowest BCUT2D eigenvalue weighted by molar-refractivity contribution is 0.188. The molecule has 0 fully saturated rings. The Labute approximate surface area is 181 Å². The SMILES string of the molecule is O=S(=O)(OC1(C#Cc2ccccn2)c2ccccc2-c2ccccc21)c1ccccc1. The van der Waals surface area contributed by atoms with E-state index in [1.165, 1.54) is 12.1 Å². The van der Waals surface area contributed by atoms with Crippen LogP contribution in [0.5, 0.6) is 0 Å². The van der Waals surface area contributed by atoms with E-state index in [0.29, 0.717) is 16.8 Å². The van der Waals surface area contributed by atoms with E-state index in [2.05, 4.69) is 16.8 Å². The maximum Gasteiger partial charge on any atom is 0.299 e. The van der Waals surface area contributed by atoms with Gasteiger partial charge in [0, 0.05) is 17.3 Å². The Kier molecular flexibility index (Phi) is 4.67. The summed E-state index contributed by atoms with van der Waals surface area (Å²) in [6.07, 6.45) is 1.65. The summed E-state index contributed by atoms with van der Waals surface area (Å²) in [5.74, 6) is 6.17. The first-order chi connectivity index (χ1) is 15.1. The maximum atomic E-state index is 13.3. The van der Waals surface area contributed by atoms with Gasteiger partial charge in [-0.2, -0.15) is 8.42 Å². The van der Waals surface area contributed by atoms with Crippen LogP contribution < -0.4 is 0 Å². The third-order valence-electron chi connectivity index (χ3n) is 5.20. The van der Waals surface area contributed by atoms with Crippen LogP contribution in [0, 0.1) is 11.8 Å². The summed E-state index contributed by atoms with van der Waals surface area (Å²) in [5, 5.41) is 0. The second kappa shape index (κ2) is 7.51. The molecule has 1 heterocycles. The molecule has 0 spiro atoms. The zero-order chi connectivity index (χ0) is 21.3. The van der Waals surface area contributed by atoms with Crippen molar-refractivity contribution in [2.75, 3.05) is 0 Å². The molecule has 1 aliphatic carbocycles. The first-order valence-corrected chi connectivity index (χ1v) is 11.2. The van der Waals surface area contributed by atoms with Gasteiger partial charge in [-0.15, -0.1) is 0 Å². The predicted molar refractivity (Wildman–Crippen MR) is 118 cm³/mol. The zero-order valence-corrected chi connectivity index (χ0v) is 17.2. The van der Waals surface area contributed by atoms with Crippen LogP contribution in [0.25, 0.3) is 11.1 Å². The average Bonchev–Trinajstić information content (AvgIpc) is 3.09. The van der Waals surface area contributed by atoms with Gasteiger partial charge < -0.3 is 0 Å². The highest BCUT2D eigenvalue weighted by Crippen LogP contribution is 2.50. The Morgan fingerprint density at radius 3 is 1.90 bits per heavy atom. The molecule has 0 aliphatic heterocycles. The van der Waals surface area contributed by atoms with E-state index in [-0.39, 0.29) is 4.90 Å². The van der Waals surface area contributed by atoms with Crippen LogP contribution in [0.2, 0.25) is 0 Å². The van der Waals surface area contributed by atoms with Gasteiger partial charge in [0.25, 0.3) is 10.1 Å². The van der Waals surface area contributed by atoms with E-state index in [1.54, 1.807) is 36.5 Å². The molecule has 3 aromatic carbocycles. The van der Waals surface area contributed by atoms with E-state index in [1.807, 2.05) is 54.6 Å². The van der Waals surface area contributed by atoms with Gasteiger partial charge in [0.1, 0.15) is 5.69 Å². The van der Waals surface area contributed by atoms with Crippen LogP contribution in [-0.2, 0) is 19.9 Å². The second-order valence-electron chi connectivity index (χ2n) is 7.09. The Bertz CT molecular complexity index is 1370. The Morgan fingerprint density at radius 1 is 0.710 bits per heavy atom. The molecule has 1 aromatic heterocycles. The van der Waals surface area contributed by atoms with Crippen molar-refractivity contribution < 1.29 is 12.6 Å². The van der Waals surface area contributed by atoms with Crippen molar-refractivity contribution in [2.24, 2.45) is 0 Å². The minimum absolute atomic E-state index is 0.0795. The molecule has 5 heteroatoms.